The Bertz CT molecular complexity index is 614. The molecule has 2 aromatic rings. The van der Waals surface area contributed by atoms with Crippen LogP contribution in [-0.2, 0) is 6.42 Å². The summed E-state index contributed by atoms with van der Waals surface area (Å²) in [7, 11) is 0. The number of benzene rings is 2. The van der Waals surface area contributed by atoms with Crippen molar-refractivity contribution in [1.82, 2.24) is 0 Å². The molecule has 0 spiro atoms. The minimum Gasteiger partial charge on any atom is -0.330 e. The van der Waals surface area contributed by atoms with Crippen molar-refractivity contribution in [2.75, 3.05) is 6.54 Å². The van der Waals surface area contributed by atoms with Gasteiger partial charge in [-0.3, -0.25) is 0 Å². The minimum absolute atomic E-state index is 0.517. The van der Waals surface area contributed by atoms with Crippen LogP contribution in [0.5, 0.6) is 0 Å². The van der Waals surface area contributed by atoms with Crippen molar-refractivity contribution in [2.45, 2.75) is 44.9 Å². The van der Waals surface area contributed by atoms with Crippen LogP contribution in [0.3, 0.4) is 0 Å². The zero-order valence-corrected chi connectivity index (χ0v) is 14.2. The Morgan fingerprint density at radius 2 is 1.67 bits per heavy atom. The average molecular weight is 346 g/mol. The zero-order valence-electron chi connectivity index (χ0n) is 12.6. The van der Waals surface area contributed by atoms with E-state index in [9.17, 15) is 0 Å². The van der Waals surface area contributed by atoms with E-state index in [1.807, 2.05) is 0 Å². The zero-order chi connectivity index (χ0) is 14.7. The molecule has 112 valence electrons. The predicted molar refractivity (Wildman–Crippen MR) is 94.5 cm³/mol. The number of fused-ring (bicyclic) bond motifs is 1. The van der Waals surface area contributed by atoms with Crippen LogP contribution in [-0.4, -0.2) is 6.54 Å². The summed E-state index contributed by atoms with van der Waals surface area (Å²) in [5, 5.41) is 2.72. The fraction of sp³-hybridized carbons (Fsp3) is 0.474. The Balaban J connectivity index is 1.83. The first-order chi connectivity index (χ1) is 10.2. The predicted octanol–water partition coefficient (Wildman–Crippen LogP) is 5.44. The molecular weight excluding hydrogens is 322 g/mol. The van der Waals surface area contributed by atoms with Crippen molar-refractivity contribution < 1.29 is 0 Å². The molecule has 0 atom stereocenters. The molecule has 2 heteroatoms. The van der Waals surface area contributed by atoms with Gasteiger partial charge in [0.25, 0.3) is 0 Å². The molecule has 1 aliphatic carbocycles. The molecule has 0 unspecified atom stereocenters. The molecule has 0 aromatic heterocycles. The van der Waals surface area contributed by atoms with Crippen LogP contribution in [0.15, 0.2) is 40.9 Å². The second kappa shape index (κ2) is 6.50. The molecule has 3 rings (SSSR count). The van der Waals surface area contributed by atoms with E-state index in [1.54, 1.807) is 0 Å². The van der Waals surface area contributed by atoms with Gasteiger partial charge in [0, 0.05) is 4.47 Å². The number of nitrogens with two attached hydrogens (primary N) is 1. The summed E-state index contributed by atoms with van der Waals surface area (Å²) in [5.41, 5.74) is 7.87. The van der Waals surface area contributed by atoms with E-state index in [1.165, 1.54) is 65.8 Å². The van der Waals surface area contributed by atoms with Gasteiger partial charge in [-0.1, -0.05) is 59.1 Å². The minimum atomic E-state index is 0.517. The molecule has 2 aromatic carbocycles. The molecule has 0 aliphatic heterocycles. The molecule has 1 aliphatic rings. The highest BCUT2D eigenvalue weighted by Gasteiger charge is 2.32. The van der Waals surface area contributed by atoms with E-state index in [-0.39, 0.29) is 0 Å². The summed E-state index contributed by atoms with van der Waals surface area (Å²) >= 11 is 3.67. The molecule has 0 radical (unpaired) electrons. The van der Waals surface area contributed by atoms with Gasteiger partial charge in [-0.15, -0.1) is 0 Å². The SMILES string of the molecule is NCCC1(CCc2ccc(Br)c3ccccc23)CCCC1. The van der Waals surface area contributed by atoms with Crippen LogP contribution in [0.25, 0.3) is 10.8 Å². The van der Waals surface area contributed by atoms with Crippen molar-refractivity contribution >= 4 is 26.7 Å². The van der Waals surface area contributed by atoms with E-state index >= 15 is 0 Å². The lowest BCUT2D eigenvalue weighted by molar-refractivity contribution is 0.253. The van der Waals surface area contributed by atoms with Crippen LogP contribution < -0.4 is 5.73 Å². The number of halogens is 1. The first-order valence-electron chi connectivity index (χ1n) is 8.10. The van der Waals surface area contributed by atoms with Crippen molar-refractivity contribution in [3.05, 3.63) is 46.4 Å². The topological polar surface area (TPSA) is 26.0 Å². The molecule has 2 N–H and O–H groups in total. The van der Waals surface area contributed by atoms with Crippen molar-refractivity contribution in [1.29, 1.82) is 0 Å². The first-order valence-corrected chi connectivity index (χ1v) is 8.90. The lowest BCUT2D eigenvalue weighted by atomic mass is 9.77. The summed E-state index contributed by atoms with van der Waals surface area (Å²) < 4.78 is 1.19. The second-order valence-electron chi connectivity index (χ2n) is 6.50. The maximum absolute atomic E-state index is 5.87. The van der Waals surface area contributed by atoms with Crippen LogP contribution in [0.4, 0.5) is 0 Å². The Hall–Kier alpha value is -0.860. The number of hydrogen-bond donors (Lipinski definition) is 1. The lowest BCUT2D eigenvalue weighted by Crippen LogP contribution is -2.21. The maximum Gasteiger partial charge on any atom is 0.0253 e. The van der Waals surface area contributed by atoms with E-state index in [2.05, 4.69) is 52.3 Å². The van der Waals surface area contributed by atoms with Gasteiger partial charge < -0.3 is 5.73 Å². The van der Waals surface area contributed by atoms with E-state index in [0.717, 1.165) is 6.54 Å². The van der Waals surface area contributed by atoms with Crippen molar-refractivity contribution in [2.24, 2.45) is 11.1 Å². The highest BCUT2D eigenvalue weighted by Crippen LogP contribution is 2.44. The fourth-order valence-electron chi connectivity index (χ4n) is 4.00. The monoisotopic (exact) mass is 345 g/mol. The van der Waals surface area contributed by atoms with E-state index in [0.29, 0.717) is 5.41 Å². The number of rotatable bonds is 5. The van der Waals surface area contributed by atoms with E-state index in [4.69, 9.17) is 5.73 Å². The standard InChI is InChI=1S/C19H24BrN/c20-18-8-7-15(16-5-1-2-6-17(16)18)9-12-19(13-14-21)10-3-4-11-19/h1-2,5-8H,3-4,9-14,21H2. The second-order valence-corrected chi connectivity index (χ2v) is 7.35. The summed E-state index contributed by atoms with van der Waals surface area (Å²) in [4.78, 5) is 0. The van der Waals surface area contributed by atoms with Gasteiger partial charge >= 0.3 is 0 Å². The Morgan fingerprint density at radius 1 is 0.952 bits per heavy atom. The number of aryl methyl sites for hydroxylation is 1. The lowest BCUT2D eigenvalue weighted by Gasteiger charge is -2.28. The molecule has 0 saturated heterocycles. The first kappa shape index (κ1) is 15.1. The van der Waals surface area contributed by atoms with Gasteiger partial charge in [-0.05, 0) is 66.5 Å². The Labute approximate surface area is 136 Å². The third kappa shape index (κ3) is 3.17. The van der Waals surface area contributed by atoms with E-state index < -0.39 is 0 Å². The summed E-state index contributed by atoms with van der Waals surface area (Å²) in [5.74, 6) is 0. The molecular formula is C19H24BrN. The van der Waals surface area contributed by atoms with Gasteiger partial charge in [-0.25, -0.2) is 0 Å². The largest absolute Gasteiger partial charge is 0.330 e. The summed E-state index contributed by atoms with van der Waals surface area (Å²) in [6, 6.07) is 13.2. The van der Waals surface area contributed by atoms with Gasteiger partial charge in [-0.2, -0.15) is 0 Å². The maximum atomic E-state index is 5.87. The van der Waals surface area contributed by atoms with Crippen LogP contribution >= 0.6 is 15.9 Å². The smallest absolute Gasteiger partial charge is 0.0253 e. The highest BCUT2D eigenvalue weighted by atomic mass is 79.9. The molecule has 1 fully saturated rings. The Kier molecular flexibility index (Phi) is 4.66. The summed E-state index contributed by atoms with van der Waals surface area (Å²) in [6.45, 7) is 0.834. The average Bonchev–Trinajstić information content (AvgIpc) is 2.96. The quantitative estimate of drug-likeness (QED) is 0.766. The van der Waals surface area contributed by atoms with Crippen molar-refractivity contribution in [3.8, 4) is 0 Å². The molecule has 21 heavy (non-hydrogen) atoms. The molecule has 1 saturated carbocycles. The normalized spacial score (nSPS) is 17.4. The summed E-state index contributed by atoms with van der Waals surface area (Å²) in [6.07, 6.45) is 9.19. The highest BCUT2D eigenvalue weighted by molar-refractivity contribution is 9.10. The molecule has 0 heterocycles. The van der Waals surface area contributed by atoms with Crippen LogP contribution in [0.2, 0.25) is 0 Å². The van der Waals surface area contributed by atoms with Crippen LogP contribution in [0.1, 0.15) is 44.1 Å². The molecule has 0 amide bonds. The van der Waals surface area contributed by atoms with Crippen LogP contribution in [0, 0.1) is 5.41 Å². The Morgan fingerprint density at radius 3 is 2.38 bits per heavy atom. The van der Waals surface area contributed by atoms with Gasteiger partial charge in [0.15, 0.2) is 0 Å². The fourth-order valence-corrected chi connectivity index (χ4v) is 4.48. The van der Waals surface area contributed by atoms with Gasteiger partial charge in [0.05, 0.1) is 0 Å². The third-order valence-corrected chi connectivity index (χ3v) is 5.92. The molecule has 0 bridgehead atoms. The molecule has 1 nitrogen and oxygen atoms in total. The van der Waals surface area contributed by atoms with Gasteiger partial charge in [0.1, 0.15) is 0 Å². The number of hydrogen-bond acceptors (Lipinski definition) is 1. The van der Waals surface area contributed by atoms with Crippen molar-refractivity contribution in [3.63, 3.8) is 0 Å². The third-order valence-electron chi connectivity index (χ3n) is 5.22. The van der Waals surface area contributed by atoms with Gasteiger partial charge in [0.2, 0.25) is 0 Å².